The number of carbonyl (C=O) groups excluding carboxylic acids is 2. The summed E-state index contributed by atoms with van der Waals surface area (Å²) in [6.45, 7) is 7.02. The van der Waals surface area contributed by atoms with Crippen LogP contribution in [0.15, 0.2) is 48.2 Å². The summed E-state index contributed by atoms with van der Waals surface area (Å²) in [5.74, 6) is -0.848. The number of nitrogens with one attached hydrogen (secondary N) is 1. The van der Waals surface area contributed by atoms with Crippen molar-refractivity contribution in [3.8, 4) is 0 Å². The summed E-state index contributed by atoms with van der Waals surface area (Å²) in [6, 6.07) is 11.3. The van der Waals surface area contributed by atoms with Gasteiger partial charge in [0.1, 0.15) is 5.70 Å². The van der Waals surface area contributed by atoms with Gasteiger partial charge in [0.15, 0.2) is 0 Å². The van der Waals surface area contributed by atoms with Crippen LogP contribution in [0.5, 0.6) is 0 Å². The summed E-state index contributed by atoms with van der Waals surface area (Å²) in [5, 5.41) is 14.1. The highest BCUT2D eigenvalue weighted by Crippen LogP contribution is 2.32. The molecule has 0 atom stereocenters. The molecule has 0 saturated carbocycles. The quantitative estimate of drug-likeness (QED) is 0.285. The molecule has 2 aromatic carbocycles. The van der Waals surface area contributed by atoms with Gasteiger partial charge in [-0.1, -0.05) is 12.1 Å². The highest BCUT2D eigenvalue weighted by Gasteiger charge is 2.39. The minimum atomic E-state index is -0.505. The average Bonchev–Trinajstić information content (AvgIpc) is 2.98. The van der Waals surface area contributed by atoms with Crippen LogP contribution in [0.4, 0.5) is 11.4 Å². The SMILES string of the molecule is CCOCCCN1C(=O)C(Nc2cccc(C)c2C)=C(c2ccc([N+](=O)[O-])cc2)C1=O. The Hall–Kier alpha value is -3.52. The third-order valence-corrected chi connectivity index (χ3v) is 5.27. The highest BCUT2D eigenvalue weighted by atomic mass is 16.6. The van der Waals surface area contributed by atoms with Crippen molar-refractivity contribution in [1.82, 2.24) is 4.90 Å². The topological polar surface area (TPSA) is 102 Å². The van der Waals surface area contributed by atoms with Crippen molar-refractivity contribution in [2.24, 2.45) is 0 Å². The monoisotopic (exact) mass is 423 g/mol. The Morgan fingerprint density at radius 1 is 1.06 bits per heavy atom. The molecule has 1 aliphatic heterocycles. The maximum atomic E-state index is 13.2. The number of aryl methyl sites for hydroxylation is 1. The van der Waals surface area contributed by atoms with Crippen LogP contribution in [0.25, 0.3) is 5.57 Å². The van der Waals surface area contributed by atoms with E-state index >= 15 is 0 Å². The van der Waals surface area contributed by atoms with E-state index < -0.39 is 16.7 Å². The lowest BCUT2D eigenvalue weighted by Crippen LogP contribution is -2.34. The molecule has 0 fully saturated rings. The first kappa shape index (κ1) is 22.2. The van der Waals surface area contributed by atoms with Gasteiger partial charge < -0.3 is 10.1 Å². The summed E-state index contributed by atoms with van der Waals surface area (Å²) >= 11 is 0. The summed E-state index contributed by atoms with van der Waals surface area (Å²) < 4.78 is 5.32. The third-order valence-electron chi connectivity index (χ3n) is 5.27. The Morgan fingerprint density at radius 3 is 2.42 bits per heavy atom. The van der Waals surface area contributed by atoms with E-state index in [9.17, 15) is 19.7 Å². The molecule has 0 spiro atoms. The van der Waals surface area contributed by atoms with E-state index in [0.717, 1.165) is 16.8 Å². The van der Waals surface area contributed by atoms with Crippen LogP contribution in [-0.4, -0.2) is 41.4 Å². The molecule has 162 valence electrons. The normalized spacial score (nSPS) is 13.8. The number of rotatable bonds is 9. The number of anilines is 1. The highest BCUT2D eigenvalue weighted by molar-refractivity contribution is 6.36. The first-order chi connectivity index (χ1) is 14.8. The second kappa shape index (κ2) is 9.53. The fourth-order valence-electron chi connectivity index (χ4n) is 3.40. The van der Waals surface area contributed by atoms with Gasteiger partial charge in [-0.15, -0.1) is 0 Å². The van der Waals surface area contributed by atoms with E-state index in [1.807, 2.05) is 39.0 Å². The van der Waals surface area contributed by atoms with Gasteiger partial charge in [-0.3, -0.25) is 24.6 Å². The molecule has 1 N–H and O–H groups in total. The Bertz CT molecular complexity index is 1040. The van der Waals surface area contributed by atoms with Crippen LogP contribution in [0.3, 0.4) is 0 Å². The molecule has 0 saturated heterocycles. The van der Waals surface area contributed by atoms with E-state index in [1.165, 1.54) is 29.2 Å². The van der Waals surface area contributed by atoms with Crippen LogP contribution in [-0.2, 0) is 14.3 Å². The zero-order valence-corrected chi connectivity index (χ0v) is 17.8. The molecule has 1 heterocycles. The molecule has 1 aliphatic rings. The second-order valence-corrected chi connectivity index (χ2v) is 7.24. The lowest BCUT2D eigenvalue weighted by atomic mass is 10.0. The molecule has 8 nitrogen and oxygen atoms in total. The second-order valence-electron chi connectivity index (χ2n) is 7.24. The number of nitro benzene ring substituents is 1. The predicted octanol–water partition coefficient (Wildman–Crippen LogP) is 3.83. The predicted molar refractivity (Wildman–Crippen MR) is 117 cm³/mol. The van der Waals surface area contributed by atoms with Gasteiger partial charge in [-0.25, -0.2) is 0 Å². The molecule has 3 rings (SSSR count). The number of amides is 2. The number of non-ortho nitro benzene ring substituents is 1. The molecule has 0 aromatic heterocycles. The number of imide groups is 1. The largest absolute Gasteiger partial charge is 0.382 e. The van der Waals surface area contributed by atoms with E-state index in [4.69, 9.17) is 4.74 Å². The van der Waals surface area contributed by atoms with Crippen molar-refractivity contribution in [2.45, 2.75) is 27.2 Å². The average molecular weight is 423 g/mol. The van der Waals surface area contributed by atoms with Crippen molar-refractivity contribution in [2.75, 3.05) is 25.1 Å². The van der Waals surface area contributed by atoms with Gasteiger partial charge in [0.2, 0.25) is 0 Å². The number of nitro groups is 1. The van der Waals surface area contributed by atoms with Crippen molar-refractivity contribution in [3.63, 3.8) is 0 Å². The van der Waals surface area contributed by atoms with Crippen molar-refractivity contribution < 1.29 is 19.2 Å². The molecule has 0 aliphatic carbocycles. The van der Waals surface area contributed by atoms with Gasteiger partial charge in [-0.2, -0.15) is 0 Å². The summed E-state index contributed by atoms with van der Waals surface area (Å²) in [7, 11) is 0. The van der Waals surface area contributed by atoms with Crippen LogP contribution >= 0.6 is 0 Å². The van der Waals surface area contributed by atoms with Gasteiger partial charge in [0, 0.05) is 37.6 Å². The lowest BCUT2D eigenvalue weighted by Gasteiger charge is -2.16. The Labute approximate surface area is 180 Å². The number of ether oxygens (including phenoxy) is 1. The molecule has 0 bridgehead atoms. The van der Waals surface area contributed by atoms with Gasteiger partial charge in [0.25, 0.3) is 17.5 Å². The van der Waals surface area contributed by atoms with Crippen LogP contribution in [0.1, 0.15) is 30.0 Å². The molecule has 8 heteroatoms. The van der Waals surface area contributed by atoms with E-state index in [1.54, 1.807) is 0 Å². The van der Waals surface area contributed by atoms with Crippen LogP contribution in [0.2, 0.25) is 0 Å². The minimum Gasteiger partial charge on any atom is -0.382 e. The third kappa shape index (κ3) is 4.64. The summed E-state index contributed by atoms with van der Waals surface area (Å²) in [6.07, 6.45) is 0.523. The Balaban J connectivity index is 1.99. The fourth-order valence-corrected chi connectivity index (χ4v) is 3.40. The van der Waals surface area contributed by atoms with E-state index in [0.29, 0.717) is 25.2 Å². The number of carbonyl (C=O) groups is 2. The zero-order chi connectivity index (χ0) is 22.5. The molecule has 2 aromatic rings. The molecule has 0 unspecified atom stereocenters. The number of hydrogen-bond acceptors (Lipinski definition) is 6. The van der Waals surface area contributed by atoms with Crippen molar-refractivity contribution in [1.29, 1.82) is 0 Å². The zero-order valence-electron chi connectivity index (χ0n) is 17.8. The van der Waals surface area contributed by atoms with E-state index in [-0.39, 0.29) is 23.5 Å². The lowest BCUT2D eigenvalue weighted by molar-refractivity contribution is -0.384. The number of nitrogens with zero attached hydrogens (tertiary/aromatic N) is 2. The van der Waals surface area contributed by atoms with Crippen LogP contribution in [0, 0.1) is 24.0 Å². The maximum Gasteiger partial charge on any atom is 0.278 e. The summed E-state index contributed by atoms with van der Waals surface area (Å²) in [5.41, 5.74) is 3.48. The number of benzene rings is 2. The molecule has 2 amide bonds. The van der Waals surface area contributed by atoms with Crippen molar-refractivity contribution >= 4 is 28.8 Å². The smallest absolute Gasteiger partial charge is 0.278 e. The Kier molecular flexibility index (Phi) is 6.81. The number of hydrogen-bond donors (Lipinski definition) is 1. The molecular formula is C23H25N3O5. The van der Waals surface area contributed by atoms with Crippen molar-refractivity contribution in [3.05, 3.63) is 75.0 Å². The van der Waals surface area contributed by atoms with E-state index in [2.05, 4.69) is 5.32 Å². The maximum absolute atomic E-state index is 13.2. The molecular weight excluding hydrogens is 398 g/mol. The van der Waals surface area contributed by atoms with Gasteiger partial charge in [-0.05, 0) is 62.1 Å². The summed E-state index contributed by atoms with van der Waals surface area (Å²) in [4.78, 5) is 38.0. The first-order valence-corrected chi connectivity index (χ1v) is 10.1. The molecule has 31 heavy (non-hydrogen) atoms. The minimum absolute atomic E-state index is 0.0845. The van der Waals surface area contributed by atoms with Crippen LogP contribution < -0.4 is 5.32 Å². The Morgan fingerprint density at radius 2 is 1.77 bits per heavy atom. The van der Waals surface area contributed by atoms with Gasteiger partial charge >= 0.3 is 0 Å². The molecule has 0 radical (unpaired) electrons. The first-order valence-electron chi connectivity index (χ1n) is 10.1. The van der Waals surface area contributed by atoms with Gasteiger partial charge in [0.05, 0.1) is 10.5 Å². The standard InChI is InChI=1S/C23H25N3O5/c1-4-31-14-6-13-25-22(27)20(17-9-11-18(12-10-17)26(29)30)21(23(25)28)24-19-8-5-7-15(2)16(19)3/h5,7-12,24H,4,6,13-14H2,1-3H3. The fraction of sp³-hybridized carbons (Fsp3) is 0.304.